The van der Waals surface area contributed by atoms with E-state index in [1.807, 2.05) is 31.2 Å². The fraction of sp³-hybridized carbons (Fsp3) is 0.0714. The first-order valence-corrected chi connectivity index (χ1v) is 5.81. The van der Waals surface area contributed by atoms with E-state index < -0.39 is 0 Å². The molecule has 5 nitrogen and oxygen atoms in total. The van der Waals surface area contributed by atoms with E-state index in [0.29, 0.717) is 5.56 Å². The number of benzene rings is 1. The summed E-state index contributed by atoms with van der Waals surface area (Å²) in [5.41, 5.74) is 9.62. The highest BCUT2D eigenvalue weighted by Gasteiger charge is 2.14. The largest absolute Gasteiger partial charge is 0.383 e. The van der Waals surface area contributed by atoms with Crippen LogP contribution in [0.5, 0.6) is 0 Å². The predicted octanol–water partition coefficient (Wildman–Crippen LogP) is 2.39. The van der Waals surface area contributed by atoms with E-state index in [0.717, 1.165) is 27.7 Å². The highest BCUT2D eigenvalue weighted by Crippen LogP contribution is 2.31. The molecule has 0 saturated carbocycles. The number of nitrogens with zero attached hydrogens (tertiary/aromatic N) is 3. The number of nitrogens with two attached hydrogens (primary N) is 1. The Kier molecular flexibility index (Phi) is 2.43. The number of fused-ring (bicyclic) bond motifs is 1. The number of aromatic nitrogens is 3. The maximum absolute atomic E-state index is 9.19. The van der Waals surface area contributed by atoms with Crippen LogP contribution >= 0.6 is 0 Å². The van der Waals surface area contributed by atoms with Gasteiger partial charge in [0.1, 0.15) is 11.9 Å². The Labute approximate surface area is 109 Å². The van der Waals surface area contributed by atoms with Crippen molar-refractivity contribution in [2.75, 3.05) is 5.73 Å². The fourth-order valence-electron chi connectivity index (χ4n) is 2.30. The van der Waals surface area contributed by atoms with Crippen LogP contribution in [0.4, 0.5) is 5.82 Å². The molecule has 3 aromatic rings. The minimum absolute atomic E-state index is 0.270. The highest BCUT2D eigenvalue weighted by atomic mass is 15.1. The number of H-pyrrole nitrogens is 1. The Morgan fingerprint density at radius 3 is 2.84 bits per heavy atom. The number of nitrogen functional groups attached to an aromatic ring is 1. The minimum atomic E-state index is 0.270. The van der Waals surface area contributed by atoms with Gasteiger partial charge in [-0.1, -0.05) is 12.1 Å². The zero-order valence-corrected chi connectivity index (χ0v) is 10.3. The number of nitriles is 1. The third-order valence-corrected chi connectivity index (χ3v) is 3.18. The molecule has 0 fully saturated rings. The smallest absolute Gasteiger partial charge is 0.142 e. The van der Waals surface area contributed by atoms with Crippen LogP contribution in [-0.4, -0.2) is 15.2 Å². The number of anilines is 1. The topological polar surface area (TPSA) is 91.4 Å². The molecule has 5 heteroatoms. The molecule has 0 saturated heterocycles. The molecule has 0 atom stereocenters. The van der Waals surface area contributed by atoms with Crippen molar-refractivity contribution in [3.05, 3.63) is 41.6 Å². The third-order valence-electron chi connectivity index (χ3n) is 3.18. The summed E-state index contributed by atoms with van der Waals surface area (Å²) in [6, 6.07) is 9.75. The number of nitrogens with one attached hydrogen (secondary N) is 1. The molecule has 0 radical (unpaired) electrons. The zero-order chi connectivity index (χ0) is 13.4. The van der Waals surface area contributed by atoms with Gasteiger partial charge in [-0.25, -0.2) is 4.98 Å². The standard InChI is InChI=1S/C14H11N5/c1-8-10(7-15)14(16)18-12-4-2-3-9(13(8)12)11-5-6-17-19-11/h2-6H,1H3,(H2,16,18)(H,17,19). The van der Waals surface area contributed by atoms with Gasteiger partial charge >= 0.3 is 0 Å². The summed E-state index contributed by atoms with van der Waals surface area (Å²) >= 11 is 0. The summed E-state index contributed by atoms with van der Waals surface area (Å²) in [5, 5.41) is 17.1. The summed E-state index contributed by atoms with van der Waals surface area (Å²) in [7, 11) is 0. The molecule has 3 rings (SSSR count). The van der Waals surface area contributed by atoms with Crippen LogP contribution in [0.15, 0.2) is 30.5 Å². The van der Waals surface area contributed by atoms with E-state index in [-0.39, 0.29) is 5.82 Å². The number of aromatic amines is 1. The first kappa shape index (κ1) is 11.2. The second-order valence-electron chi connectivity index (χ2n) is 4.27. The lowest BCUT2D eigenvalue weighted by Gasteiger charge is -2.10. The van der Waals surface area contributed by atoms with Crippen LogP contribution in [0.1, 0.15) is 11.1 Å². The second kappa shape index (κ2) is 4.10. The van der Waals surface area contributed by atoms with Crippen LogP contribution < -0.4 is 5.73 Å². The molecule has 0 unspecified atom stereocenters. The Hall–Kier alpha value is -2.87. The summed E-state index contributed by atoms with van der Waals surface area (Å²) < 4.78 is 0. The number of rotatable bonds is 1. The number of hydrogen-bond donors (Lipinski definition) is 2. The lowest BCUT2D eigenvalue weighted by molar-refractivity contribution is 1.10. The van der Waals surface area contributed by atoms with E-state index >= 15 is 0 Å². The molecule has 19 heavy (non-hydrogen) atoms. The maximum atomic E-state index is 9.19. The first-order valence-electron chi connectivity index (χ1n) is 5.81. The summed E-state index contributed by atoms with van der Waals surface area (Å²) in [6.07, 6.45) is 1.76. The normalized spacial score (nSPS) is 10.5. The fourth-order valence-corrected chi connectivity index (χ4v) is 2.30. The lowest BCUT2D eigenvalue weighted by atomic mass is 9.98. The summed E-state index contributed by atoms with van der Waals surface area (Å²) in [4.78, 5) is 4.30. The molecule has 3 N–H and O–H groups in total. The molecule has 0 amide bonds. The first-order chi connectivity index (χ1) is 9.22. The number of aryl methyl sites for hydroxylation is 1. The highest BCUT2D eigenvalue weighted by molar-refractivity contribution is 5.98. The number of hydrogen-bond acceptors (Lipinski definition) is 4. The third kappa shape index (κ3) is 1.62. The van der Waals surface area contributed by atoms with E-state index in [1.54, 1.807) is 6.20 Å². The molecule has 0 aliphatic heterocycles. The van der Waals surface area contributed by atoms with E-state index in [1.165, 1.54) is 0 Å². The quantitative estimate of drug-likeness (QED) is 0.692. The Morgan fingerprint density at radius 1 is 1.32 bits per heavy atom. The molecule has 0 aliphatic rings. The molecule has 92 valence electrons. The molecule has 2 heterocycles. The van der Waals surface area contributed by atoms with Crippen molar-refractivity contribution in [3.63, 3.8) is 0 Å². The van der Waals surface area contributed by atoms with Gasteiger partial charge < -0.3 is 5.73 Å². The van der Waals surface area contributed by atoms with Crippen molar-refractivity contribution in [1.82, 2.24) is 15.2 Å². The molecule has 1 aromatic carbocycles. The van der Waals surface area contributed by atoms with Gasteiger partial charge in [-0.15, -0.1) is 0 Å². The van der Waals surface area contributed by atoms with Crippen LogP contribution in [-0.2, 0) is 0 Å². The monoisotopic (exact) mass is 249 g/mol. The average molecular weight is 249 g/mol. The Bertz CT molecular complexity index is 797. The van der Waals surface area contributed by atoms with E-state index in [2.05, 4.69) is 21.3 Å². The van der Waals surface area contributed by atoms with Gasteiger partial charge in [0.25, 0.3) is 0 Å². The van der Waals surface area contributed by atoms with Crippen LogP contribution in [0.2, 0.25) is 0 Å². The van der Waals surface area contributed by atoms with Crippen LogP contribution in [0.3, 0.4) is 0 Å². The van der Waals surface area contributed by atoms with Gasteiger partial charge in [0.15, 0.2) is 0 Å². The van der Waals surface area contributed by atoms with E-state index in [4.69, 9.17) is 5.73 Å². The summed E-state index contributed by atoms with van der Waals surface area (Å²) in [5.74, 6) is 0.270. The average Bonchev–Trinajstić information content (AvgIpc) is 2.92. The Balaban J connectivity index is 2.46. The maximum Gasteiger partial charge on any atom is 0.142 e. The van der Waals surface area contributed by atoms with Gasteiger partial charge in [-0.05, 0) is 24.6 Å². The van der Waals surface area contributed by atoms with Crippen molar-refractivity contribution in [2.45, 2.75) is 6.92 Å². The van der Waals surface area contributed by atoms with Crippen molar-refractivity contribution >= 4 is 16.7 Å². The van der Waals surface area contributed by atoms with Crippen molar-refractivity contribution in [2.24, 2.45) is 0 Å². The SMILES string of the molecule is Cc1c(C#N)c(N)nc2cccc(-c3cc[nH]n3)c12. The van der Waals surface area contributed by atoms with Crippen molar-refractivity contribution in [3.8, 4) is 17.3 Å². The molecule has 0 spiro atoms. The Morgan fingerprint density at radius 2 is 2.16 bits per heavy atom. The summed E-state index contributed by atoms with van der Waals surface area (Å²) in [6.45, 7) is 1.88. The lowest BCUT2D eigenvalue weighted by Crippen LogP contribution is -1.99. The minimum Gasteiger partial charge on any atom is -0.383 e. The molecule has 0 bridgehead atoms. The van der Waals surface area contributed by atoms with Crippen molar-refractivity contribution < 1.29 is 0 Å². The van der Waals surface area contributed by atoms with Crippen LogP contribution in [0, 0.1) is 18.3 Å². The predicted molar refractivity (Wildman–Crippen MR) is 73.2 cm³/mol. The molecule has 0 aliphatic carbocycles. The molecular weight excluding hydrogens is 238 g/mol. The van der Waals surface area contributed by atoms with Gasteiger partial charge in [0.05, 0.1) is 16.8 Å². The van der Waals surface area contributed by atoms with Gasteiger partial charge in [0.2, 0.25) is 0 Å². The molecular formula is C14H11N5. The second-order valence-corrected chi connectivity index (χ2v) is 4.27. The molecule has 2 aromatic heterocycles. The van der Waals surface area contributed by atoms with Gasteiger partial charge in [-0.2, -0.15) is 10.4 Å². The number of pyridine rings is 1. The van der Waals surface area contributed by atoms with Crippen LogP contribution in [0.25, 0.3) is 22.2 Å². The van der Waals surface area contributed by atoms with Crippen molar-refractivity contribution in [1.29, 1.82) is 5.26 Å². The van der Waals surface area contributed by atoms with E-state index in [9.17, 15) is 5.26 Å². The zero-order valence-electron chi connectivity index (χ0n) is 10.3. The van der Waals surface area contributed by atoms with Gasteiger partial charge in [-0.3, -0.25) is 5.10 Å². The van der Waals surface area contributed by atoms with Gasteiger partial charge in [0, 0.05) is 17.1 Å².